The Hall–Kier alpha value is -3.11. The van der Waals surface area contributed by atoms with Gasteiger partial charge < -0.3 is 0 Å². The summed E-state index contributed by atoms with van der Waals surface area (Å²) in [5.41, 5.74) is 5.01. The predicted molar refractivity (Wildman–Crippen MR) is 69.6 cm³/mol. The second-order valence-electron chi connectivity index (χ2n) is 3.67. The highest BCUT2D eigenvalue weighted by atomic mass is 32.2. The molecule has 1 aromatic carbocycles. The van der Waals surface area contributed by atoms with Crippen molar-refractivity contribution >= 4 is 10.0 Å². The molecular weight excluding hydrogens is 304 g/mol. The zero-order valence-electron chi connectivity index (χ0n) is 10.0. The van der Waals surface area contributed by atoms with Gasteiger partial charge in [-0.1, -0.05) is 6.07 Å². The lowest BCUT2D eigenvalue weighted by Gasteiger charge is -2.04. The molecule has 2 rings (SSSR count). The van der Waals surface area contributed by atoms with Gasteiger partial charge in [0.2, 0.25) is 0 Å². The molecule has 0 aliphatic carbocycles. The standard InChI is InChI=1S/C9H6N6O5S/c10-13-14-21(19,20)6-3-1-2-5(4-6)15-8(17)11-7(16)12-9(15)18/h1-4H,(H2,11,12,16,17,18). The van der Waals surface area contributed by atoms with Crippen LogP contribution in [0, 0.1) is 0 Å². The number of rotatable bonds is 3. The van der Waals surface area contributed by atoms with Crippen LogP contribution >= 0.6 is 0 Å². The molecule has 11 nitrogen and oxygen atoms in total. The van der Waals surface area contributed by atoms with E-state index in [1.165, 1.54) is 12.1 Å². The Morgan fingerprint density at radius 1 is 1.14 bits per heavy atom. The number of sulfonamides is 1. The third kappa shape index (κ3) is 2.75. The van der Waals surface area contributed by atoms with Crippen molar-refractivity contribution in [3.63, 3.8) is 0 Å². The molecule has 1 aromatic heterocycles. The third-order valence-electron chi connectivity index (χ3n) is 2.36. The first-order valence-corrected chi connectivity index (χ1v) is 6.66. The van der Waals surface area contributed by atoms with Crippen molar-refractivity contribution in [2.24, 2.45) is 4.52 Å². The maximum atomic E-state index is 11.6. The van der Waals surface area contributed by atoms with Gasteiger partial charge in [0.25, 0.3) is 10.0 Å². The minimum Gasteiger partial charge on any atom is -0.258 e. The van der Waals surface area contributed by atoms with Crippen LogP contribution < -0.4 is 17.1 Å². The van der Waals surface area contributed by atoms with Crippen molar-refractivity contribution in [3.05, 3.63) is 66.2 Å². The zero-order chi connectivity index (χ0) is 15.6. The molecule has 2 aromatic rings. The third-order valence-corrected chi connectivity index (χ3v) is 3.50. The van der Waals surface area contributed by atoms with Crippen molar-refractivity contribution in [1.29, 1.82) is 0 Å². The first kappa shape index (κ1) is 14.3. The molecule has 0 amide bonds. The molecule has 0 saturated carbocycles. The Morgan fingerprint density at radius 2 is 1.76 bits per heavy atom. The van der Waals surface area contributed by atoms with Crippen LogP contribution in [0.4, 0.5) is 0 Å². The van der Waals surface area contributed by atoms with Gasteiger partial charge in [-0.2, -0.15) is 0 Å². The van der Waals surface area contributed by atoms with Crippen molar-refractivity contribution in [3.8, 4) is 5.69 Å². The quantitative estimate of drug-likeness (QED) is 0.429. The Kier molecular flexibility index (Phi) is 3.48. The van der Waals surface area contributed by atoms with Gasteiger partial charge in [0.15, 0.2) is 0 Å². The van der Waals surface area contributed by atoms with Crippen LogP contribution in [-0.2, 0) is 10.0 Å². The van der Waals surface area contributed by atoms with Crippen LogP contribution in [0.15, 0.2) is 48.1 Å². The number of benzene rings is 1. The summed E-state index contributed by atoms with van der Waals surface area (Å²) in [5, 5.41) is 0. The molecule has 0 atom stereocenters. The van der Waals surface area contributed by atoms with E-state index in [1.54, 1.807) is 0 Å². The van der Waals surface area contributed by atoms with Gasteiger partial charge in [0.1, 0.15) is 0 Å². The summed E-state index contributed by atoms with van der Waals surface area (Å²) in [5.74, 6) is 0. The number of nitrogens with one attached hydrogen (secondary N) is 2. The van der Waals surface area contributed by atoms with Crippen LogP contribution in [0.3, 0.4) is 0 Å². The van der Waals surface area contributed by atoms with Crippen LogP contribution in [-0.4, -0.2) is 23.0 Å². The van der Waals surface area contributed by atoms with Gasteiger partial charge >= 0.3 is 17.1 Å². The number of nitrogens with zero attached hydrogens (tertiary/aromatic N) is 4. The molecular formula is C9H6N6O5S. The number of azide groups is 1. The number of hydrogen-bond donors (Lipinski definition) is 2. The highest BCUT2D eigenvalue weighted by molar-refractivity contribution is 7.90. The topological polar surface area (TPSA) is 171 Å². The molecule has 21 heavy (non-hydrogen) atoms. The molecule has 108 valence electrons. The molecule has 0 saturated heterocycles. The summed E-state index contributed by atoms with van der Waals surface area (Å²) in [6, 6.07) is 4.59. The number of aromatic amines is 2. The Morgan fingerprint density at radius 3 is 2.33 bits per heavy atom. The summed E-state index contributed by atoms with van der Waals surface area (Å²) >= 11 is 0. The predicted octanol–water partition coefficient (Wildman–Crippen LogP) is -0.787. The molecule has 0 aliphatic heterocycles. The average molecular weight is 310 g/mol. The molecule has 12 heteroatoms. The van der Waals surface area contributed by atoms with E-state index >= 15 is 0 Å². The number of H-pyrrole nitrogens is 2. The molecule has 0 aliphatic rings. The Labute approximate surface area is 115 Å². The highest BCUT2D eigenvalue weighted by Crippen LogP contribution is 2.15. The normalized spacial score (nSPS) is 10.9. The Balaban J connectivity index is 2.75. The fourth-order valence-corrected chi connectivity index (χ4v) is 2.25. The van der Waals surface area contributed by atoms with Gasteiger partial charge in [-0.25, -0.2) is 27.4 Å². The smallest absolute Gasteiger partial charge is 0.258 e. The van der Waals surface area contributed by atoms with E-state index < -0.39 is 32.0 Å². The van der Waals surface area contributed by atoms with Crippen molar-refractivity contribution in [2.45, 2.75) is 4.90 Å². The largest absolute Gasteiger partial charge is 0.338 e. The van der Waals surface area contributed by atoms with E-state index in [9.17, 15) is 22.8 Å². The first-order chi connectivity index (χ1) is 9.85. The van der Waals surface area contributed by atoms with Gasteiger partial charge in [0.05, 0.1) is 10.6 Å². The molecule has 0 unspecified atom stereocenters. The second-order valence-corrected chi connectivity index (χ2v) is 5.25. The maximum absolute atomic E-state index is 11.6. The van der Waals surface area contributed by atoms with Gasteiger partial charge in [0, 0.05) is 9.43 Å². The molecule has 2 N–H and O–H groups in total. The van der Waals surface area contributed by atoms with Crippen molar-refractivity contribution < 1.29 is 8.42 Å². The zero-order valence-corrected chi connectivity index (χ0v) is 10.9. The van der Waals surface area contributed by atoms with Crippen LogP contribution in [0.2, 0.25) is 0 Å². The summed E-state index contributed by atoms with van der Waals surface area (Å²) in [7, 11) is -4.27. The lowest BCUT2D eigenvalue weighted by atomic mass is 10.3. The average Bonchev–Trinajstić information content (AvgIpc) is 2.37. The van der Waals surface area contributed by atoms with Crippen LogP contribution in [0.25, 0.3) is 16.1 Å². The van der Waals surface area contributed by atoms with Crippen molar-refractivity contribution in [2.75, 3.05) is 0 Å². The van der Waals surface area contributed by atoms with Gasteiger partial charge in [-0.3, -0.25) is 9.97 Å². The van der Waals surface area contributed by atoms with E-state index in [1.807, 2.05) is 9.97 Å². The first-order valence-electron chi connectivity index (χ1n) is 5.22. The van der Waals surface area contributed by atoms with Gasteiger partial charge in [-0.05, 0) is 23.7 Å². The lowest BCUT2D eigenvalue weighted by Crippen LogP contribution is -2.42. The Bertz CT molecular complexity index is 989. The summed E-state index contributed by atoms with van der Waals surface area (Å²) in [4.78, 5) is 39.6. The van der Waals surface area contributed by atoms with E-state index in [0.29, 0.717) is 4.57 Å². The molecule has 0 spiro atoms. The van der Waals surface area contributed by atoms with E-state index in [4.69, 9.17) is 5.53 Å². The summed E-state index contributed by atoms with van der Waals surface area (Å²) in [6.45, 7) is 0. The van der Waals surface area contributed by atoms with Crippen LogP contribution in [0.5, 0.6) is 0 Å². The van der Waals surface area contributed by atoms with Gasteiger partial charge in [-0.15, -0.1) is 0 Å². The fraction of sp³-hybridized carbons (Fsp3) is 0. The maximum Gasteiger partial charge on any atom is 0.338 e. The molecule has 1 heterocycles. The van der Waals surface area contributed by atoms with E-state index in [0.717, 1.165) is 12.1 Å². The molecule has 0 radical (unpaired) electrons. The minimum absolute atomic E-state index is 0.119. The lowest BCUT2D eigenvalue weighted by molar-refractivity contribution is 0.597. The number of aromatic nitrogens is 3. The van der Waals surface area contributed by atoms with Crippen LogP contribution in [0.1, 0.15) is 0 Å². The molecule has 0 bridgehead atoms. The van der Waals surface area contributed by atoms with Crippen molar-refractivity contribution in [1.82, 2.24) is 14.5 Å². The fourth-order valence-electron chi connectivity index (χ4n) is 1.54. The second kappa shape index (κ2) is 5.11. The SMILES string of the molecule is [N-]=[N+]=NS(=O)(=O)c1cccc(-n2c(=O)[nH]c(=O)[nH]c2=O)c1. The highest BCUT2D eigenvalue weighted by Gasteiger charge is 2.14. The van der Waals surface area contributed by atoms with E-state index in [2.05, 4.69) is 9.43 Å². The van der Waals surface area contributed by atoms with E-state index in [-0.39, 0.29) is 5.69 Å². The molecule has 0 fully saturated rings. The summed E-state index contributed by atoms with van der Waals surface area (Å²) in [6.07, 6.45) is 0. The summed E-state index contributed by atoms with van der Waals surface area (Å²) < 4.78 is 26.3. The number of hydrogen-bond acceptors (Lipinski definition) is 5. The minimum atomic E-state index is -4.27. The monoisotopic (exact) mass is 310 g/mol.